The van der Waals surface area contributed by atoms with Crippen LogP contribution in [0.5, 0.6) is 0 Å². The van der Waals surface area contributed by atoms with Crippen LogP contribution in [0.3, 0.4) is 0 Å². The van der Waals surface area contributed by atoms with Gasteiger partial charge in [-0.15, -0.1) is 0 Å². The Morgan fingerprint density at radius 3 is 1.83 bits per heavy atom. The van der Waals surface area contributed by atoms with E-state index in [2.05, 4.69) is 87.7 Å². The Balaban J connectivity index is 0.00000113. The van der Waals surface area contributed by atoms with Crippen molar-refractivity contribution in [1.82, 2.24) is 10.6 Å². The van der Waals surface area contributed by atoms with Crippen molar-refractivity contribution >= 4 is 23.6 Å². The highest BCUT2D eigenvalue weighted by Gasteiger charge is 2.32. The van der Waals surface area contributed by atoms with Gasteiger partial charge in [-0.25, -0.2) is 0 Å². The molecule has 6 rings (SSSR count). The van der Waals surface area contributed by atoms with Crippen molar-refractivity contribution < 1.29 is 19.2 Å². The lowest BCUT2D eigenvalue weighted by atomic mass is 9.71. The van der Waals surface area contributed by atoms with E-state index in [1.165, 1.54) is 17.6 Å². The van der Waals surface area contributed by atoms with Crippen molar-refractivity contribution in [2.75, 3.05) is 0 Å². The molecule has 1 aliphatic carbocycles. The molecule has 3 aromatic rings. The number of imide groups is 2. The lowest BCUT2D eigenvalue weighted by Crippen LogP contribution is -2.23. The SMILES string of the molecule is CC1C=CC(C(C)(C)c2ccc(Cc3ccc4c(c3)C(=O)NC4=O)cc2)=CC1c1ccc2c(c1)C(=O)NC2=O.CCC. The summed E-state index contributed by atoms with van der Waals surface area (Å²) in [7, 11) is 0. The second kappa shape index (κ2) is 11.4. The molecular formula is C36H36N2O4. The number of carbonyl (C=O) groups is 4. The van der Waals surface area contributed by atoms with Crippen molar-refractivity contribution in [3.8, 4) is 0 Å². The third-order valence-corrected chi connectivity index (χ3v) is 8.26. The van der Waals surface area contributed by atoms with E-state index in [0.29, 0.717) is 28.7 Å². The van der Waals surface area contributed by atoms with Crippen LogP contribution in [0, 0.1) is 5.92 Å². The highest BCUT2D eigenvalue weighted by Crippen LogP contribution is 2.41. The van der Waals surface area contributed by atoms with Gasteiger partial charge in [0.1, 0.15) is 0 Å². The van der Waals surface area contributed by atoms with Gasteiger partial charge in [0.15, 0.2) is 0 Å². The summed E-state index contributed by atoms with van der Waals surface area (Å²) in [5.41, 5.74) is 6.96. The molecule has 6 heteroatoms. The lowest BCUT2D eigenvalue weighted by molar-refractivity contribution is 0.0863. The minimum atomic E-state index is -0.341. The number of rotatable bonds is 5. The van der Waals surface area contributed by atoms with Gasteiger partial charge in [-0.05, 0) is 64.4 Å². The molecule has 0 fully saturated rings. The number of hydrogen-bond donors (Lipinski definition) is 2. The zero-order valence-electron chi connectivity index (χ0n) is 24.7. The van der Waals surface area contributed by atoms with Crippen molar-refractivity contribution in [3.63, 3.8) is 0 Å². The highest BCUT2D eigenvalue weighted by atomic mass is 16.2. The third-order valence-electron chi connectivity index (χ3n) is 8.26. The maximum absolute atomic E-state index is 12.2. The van der Waals surface area contributed by atoms with Gasteiger partial charge in [0.25, 0.3) is 23.6 Å². The zero-order valence-corrected chi connectivity index (χ0v) is 24.7. The first-order valence-electron chi connectivity index (χ1n) is 14.5. The summed E-state index contributed by atoms with van der Waals surface area (Å²) >= 11 is 0. The summed E-state index contributed by atoms with van der Waals surface area (Å²) in [6.07, 6.45) is 8.59. The second-order valence-corrected chi connectivity index (χ2v) is 11.8. The van der Waals surface area contributed by atoms with Gasteiger partial charge in [-0.2, -0.15) is 0 Å². The zero-order chi connectivity index (χ0) is 30.2. The van der Waals surface area contributed by atoms with Gasteiger partial charge in [-0.3, -0.25) is 29.8 Å². The molecule has 0 radical (unpaired) electrons. The molecule has 2 unspecified atom stereocenters. The van der Waals surface area contributed by atoms with Gasteiger partial charge in [0.05, 0.1) is 22.3 Å². The molecular weight excluding hydrogens is 524 g/mol. The molecule has 0 saturated carbocycles. The van der Waals surface area contributed by atoms with Gasteiger partial charge in [-0.1, -0.05) is 95.7 Å². The molecule has 6 nitrogen and oxygen atoms in total. The van der Waals surface area contributed by atoms with E-state index in [1.54, 1.807) is 18.2 Å². The molecule has 0 saturated heterocycles. The van der Waals surface area contributed by atoms with Crippen LogP contribution in [-0.2, 0) is 11.8 Å². The van der Waals surface area contributed by atoms with E-state index < -0.39 is 0 Å². The Kier molecular flexibility index (Phi) is 7.83. The topological polar surface area (TPSA) is 92.3 Å². The lowest BCUT2D eigenvalue weighted by Gasteiger charge is -2.33. The third kappa shape index (κ3) is 5.37. The van der Waals surface area contributed by atoms with Crippen LogP contribution in [0.4, 0.5) is 0 Å². The molecule has 2 N–H and O–H groups in total. The first-order chi connectivity index (χ1) is 20.0. The van der Waals surface area contributed by atoms with Crippen LogP contribution >= 0.6 is 0 Å². The van der Waals surface area contributed by atoms with Crippen LogP contribution in [0.2, 0.25) is 0 Å². The molecule has 2 atom stereocenters. The molecule has 3 aliphatic rings. The Labute approximate surface area is 246 Å². The van der Waals surface area contributed by atoms with Crippen LogP contribution in [0.1, 0.15) is 111 Å². The first-order valence-corrected chi connectivity index (χ1v) is 14.5. The Hall–Kier alpha value is -4.58. The average molecular weight is 561 g/mol. The van der Waals surface area contributed by atoms with Crippen LogP contribution in [0.15, 0.2) is 84.5 Å². The summed E-state index contributed by atoms with van der Waals surface area (Å²) in [4.78, 5) is 48.1. The minimum Gasteiger partial charge on any atom is -0.288 e. The maximum Gasteiger partial charge on any atom is 0.258 e. The predicted molar refractivity (Wildman–Crippen MR) is 164 cm³/mol. The largest absolute Gasteiger partial charge is 0.288 e. The second-order valence-electron chi connectivity index (χ2n) is 11.8. The fraction of sp³-hybridized carbons (Fsp3) is 0.278. The van der Waals surface area contributed by atoms with E-state index in [9.17, 15) is 19.2 Å². The number of hydrogen-bond acceptors (Lipinski definition) is 4. The van der Waals surface area contributed by atoms with Crippen LogP contribution in [-0.4, -0.2) is 23.6 Å². The summed E-state index contributed by atoms with van der Waals surface area (Å²) in [6.45, 7) is 10.8. The summed E-state index contributed by atoms with van der Waals surface area (Å²) < 4.78 is 0. The van der Waals surface area contributed by atoms with Crippen LogP contribution in [0.25, 0.3) is 0 Å². The molecule has 0 bridgehead atoms. The summed E-state index contributed by atoms with van der Waals surface area (Å²) in [5.74, 6) is -1.02. The van der Waals surface area contributed by atoms with Gasteiger partial charge in [0.2, 0.25) is 0 Å². The van der Waals surface area contributed by atoms with E-state index in [4.69, 9.17) is 0 Å². The number of fused-ring (bicyclic) bond motifs is 2. The smallest absolute Gasteiger partial charge is 0.258 e. The van der Waals surface area contributed by atoms with E-state index in [0.717, 1.165) is 16.7 Å². The predicted octanol–water partition coefficient (Wildman–Crippen LogP) is 6.65. The van der Waals surface area contributed by atoms with Crippen molar-refractivity contribution in [3.05, 3.63) is 129 Å². The standard InChI is InChI=1S/C33H28N2O4.C3H8/c1-18-4-9-23(17-26(18)21-8-13-25-28(16-21)32(39)35-30(25)37)33(2,3)22-10-5-19(6-11-22)14-20-7-12-24-27(15-20)31(38)34-29(24)36;1-3-2/h4-13,15-18,26H,14H2,1-3H3,(H,34,36,38)(H,35,37,39);3H2,1-2H3. The molecule has 0 spiro atoms. The van der Waals surface area contributed by atoms with E-state index >= 15 is 0 Å². The fourth-order valence-electron chi connectivity index (χ4n) is 5.75. The van der Waals surface area contributed by atoms with E-state index in [1.807, 2.05) is 18.2 Å². The summed E-state index contributed by atoms with van der Waals surface area (Å²) in [6, 6.07) is 19.5. The Bertz CT molecular complexity index is 1660. The van der Waals surface area contributed by atoms with Crippen molar-refractivity contribution in [2.45, 2.75) is 58.8 Å². The highest BCUT2D eigenvalue weighted by molar-refractivity contribution is 6.22. The summed E-state index contributed by atoms with van der Waals surface area (Å²) in [5, 5.41) is 4.71. The molecule has 42 heavy (non-hydrogen) atoms. The number of carbonyl (C=O) groups excluding carboxylic acids is 4. The minimum absolute atomic E-state index is 0.0845. The Morgan fingerprint density at radius 1 is 0.690 bits per heavy atom. The number of amides is 4. The first kappa shape index (κ1) is 28.9. The normalized spacial score (nSPS) is 18.9. The van der Waals surface area contributed by atoms with Gasteiger partial charge in [0, 0.05) is 11.3 Å². The maximum atomic E-state index is 12.2. The molecule has 214 valence electrons. The monoisotopic (exact) mass is 560 g/mol. The molecule has 2 heterocycles. The van der Waals surface area contributed by atoms with Crippen molar-refractivity contribution in [1.29, 1.82) is 0 Å². The average Bonchev–Trinajstić information content (AvgIpc) is 3.42. The fourth-order valence-corrected chi connectivity index (χ4v) is 5.75. The molecule has 3 aromatic carbocycles. The molecule has 0 aromatic heterocycles. The number of benzene rings is 3. The van der Waals surface area contributed by atoms with Gasteiger partial charge < -0.3 is 0 Å². The molecule has 2 aliphatic heterocycles. The van der Waals surface area contributed by atoms with E-state index in [-0.39, 0.29) is 40.9 Å². The van der Waals surface area contributed by atoms with Gasteiger partial charge >= 0.3 is 0 Å². The van der Waals surface area contributed by atoms with Crippen LogP contribution < -0.4 is 10.6 Å². The Morgan fingerprint density at radius 2 is 1.21 bits per heavy atom. The number of allylic oxidation sites excluding steroid dienone is 4. The quantitative estimate of drug-likeness (QED) is 0.342. The molecule has 4 amide bonds. The number of nitrogens with one attached hydrogen (secondary N) is 2. The van der Waals surface area contributed by atoms with Crippen molar-refractivity contribution in [2.24, 2.45) is 5.92 Å².